The molecule has 1 saturated heterocycles. The monoisotopic (exact) mass is 529 g/mol. The van der Waals surface area contributed by atoms with Gasteiger partial charge >= 0.3 is 5.97 Å². The Bertz CT molecular complexity index is 1220. The molecule has 6 rings (SSSR count). The van der Waals surface area contributed by atoms with Crippen LogP contribution in [-0.4, -0.2) is 70.3 Å². The number of nitrogens with zero attached hydrogens (tertiary/aromatic N) is 1. The molecule has 0 bridgehead atoms. The van der Waals surface area contributed by atoms with Crippen molar-refractivity contribution in [3.63, 3.8) is 0 Å². The van der Waals surface area contributed by atoms with E-state index in [1.54, 1.807) is 18.9 Å². The number of para-hydroxylation sites is 1. The maximum absolute atomic E-state index is 17.3. The van der Waals surface area contributed by atoms with Gasteiger partial charge in [-0.15, -0.1) is 0 Å². The summed E-state index contributed by atoms with van der Waals surface area (Å²) in [6.45, 7) is 4.22. The predicted molar refractivity (Wildman–Crippen MR) is 132 cm³/mol. The average molecular weight is 530 g/mol. The molecule has 9 heteroatoms. The van der Waals surface area contributed by atoms with Gasteiger partial charge in [0.25, 0.3) is 0 Å². The Morgan fingerprint density at radius 1 is 1.21 bits per heavy atom. The molecule has 4 fully saturated rings. The number of carboxylic acids is 1. The predicted octanol–water partition coefficient (Wildman–Crippen LogP) is 3.68. The van der Waals surface area contributed by atoms with Gasteiger partial charge in [-0.05, 0) is 62.0 Å². The van der Waals surface area contributed by atoms with Crippen molar-refractivity contribution >= 4 is 11.8 Å². The van der Waals surface area contributed by atoms with Gasteiger partial charge in [0.15, 0.2) is 17.1 Å². The first-order valence-electron chi connectivity index (χ1n) is 13.3. The van der Waals surface area contributed by atoms with E-state index in [0.717, 1.165) is 6.08 Å². The van der Waals surface area contributed by atoms with E-state index in [4.69, 9.17) is 9.57 Å². The van der Waals surface area contributed by atoms with E-state index >= 15 is 8.78 Å². The minimum atomic E-state index is -2.25. The summed E-state index contributed by atoms with van der Waals surface area (Å²) in [4.78, 5) is 31.2. The van der Waals surface area contributed by atoms with E-state index in [0.29, 0.717) is 25.3 Å². The van der Waals surface area contributed by atoms with Crippen molar-refractivity contribution < 1.29 is 38.2 Å². The van der Waals surface area contributed by atoms with E-state index in [9.17, 15) is 19.8 Å². The minimum absolute atomic E-state index is 0.0541. The summed E-state index contributed by atoms with van der Waals surface area (Å²) in [7, 11) is 0. The van der Waals surface area contributed by atoms with Crippen LogP contribution in [-0.2, 0) is 14.4 Å². The van der Waals surface area contributed by atoms with Crippen molar-refractivity contribution in [3.8, 4) is 5.75 Å². The summed E-state index contributed by atoms with van der Waals surface area (Å²) >= 11 is 0. The first-order chi connectivity index (χ1) is 18.0. The number of benzene rings is 1. The number of hydrogen-bond donors (Lipinski definition) is 2. The Labute approximate surface area is 220 Å². The molecule has 0 unspecified atom stereocenters. The third kappa shape index (κ3) is 3.15. The largest absolute Gasteiger partial charge is 0.492 e. The quantitative estimate of drug-likeness (QED) is 0.601. The number of carbonyl (C=O) groups excluding carboxylic acids is 1. The zero-order valence-corrected chi connectivity index (χ0v) is 21.5. The number of aliphatic hydroxyl groups is 1. The second kappa shape index (κ2) is 8.44. The molecule has 4 aliphatic carbocycles. The lowest BCUT2D eigenvalue weighted by molar-refractivity contribution is -0.274. The van der Waals surface area contributed by atoms with Crippen LogP contribution in [0.4, 0.5) is 8.78 Å². The highest BCUT2D eigenvalue weighted by Crippen LogP contribution is 2.72. The lowest BCUT2D eigenvalue weighted by atomic mass is 9.44. The molecule has 0 spiro atoms. The fraction of sp³-hybridized carbons (Fsp3) is 0.586. The highest BCUT2D eigenvalue weighted by atomic mass is 19.1. The minimum Gasteiger partial charge on any atom is -0.492 e. The van der Waals surface area contributed by atoms with Gasteiger partial charge in [-0.3, -0.25) is 9.63 Å². The highest BCUT2D eigenvalue weighted by molar-refractivity contribution is 6.01. The summed E-state index contributed by atoms with van der Waals surface area (Å²) in [5.41, 5.74) is -6.50. The molecule has 1 aliphatic heterocycles. The van der Waals surface area contributed by atoms with Gasteiger partial charge in [0.2, 0.25) is 0 Å². The number of allylic oxidation sites excluding steroid dienone is 4. The standard InChI is InChI=1S/C29H33F2NO6/c1-26-9-8-18(33)13-22(26)23(30)14-21-20-12-17-16-32(10-11-37-19-6-4-3-5-7-19)38-29(17,25(35)36)27(20,2)15-24(34)28(21,26)31/h3-9,13,17,20-21,23-24,34H,10-12,14-16H2,1-2H3,(H,35,36)/t17-,20-,21-,23-,24-,26-,27-,28-,29-/m0/s1. The van der Waals surface area contributed by atoms with Crippen LogP contribution in [0, 0.1) is 28.6 Å². The molecule has 0 amide bonds. The van der Waals surface area contributed by atoms with E-state index in [-0.39, 0.29) is 25.0 Å². The number of carboxylic acid groups (broad SMARTS) is 1. The number of fused-ring (bicyclic) bond motifs is 7. The molecule has 38 heavy (non-hydrogen) atoms. The van der Waals surface area contributed by atoms with Crippen LogP contribution in [0.25, 0.3) is 0 Å². The van der Waals surface area contributed by atoms with Crippen LogP contribution >= 0.6 is 0 Å². The fourth-order valence-corrected chi connectivity index (χ4v) is 8.60. The first kappa shape index (κ1) is 25.6. The van der Waals surface area contributed by atoms with Gasteiger partial charge in [-0.1, -0.05) is 31.2 Å². The summed E-state index contributed by atoms with van der Waals surface area (Å²) < 4.78 is 38.7. The van der Waals surface area contributed by atoms with Crippen LogP contribution in [0.2, 0.25) is 0 Å². The maximum Gasteiger partial charge on any atom is 0.339 e. The number of ether oxygens (including phenoxy) is 1. The number of ketones is 1. The van der Waals surface area contributed by atoms with E-state index in [1.165, 1.54) is 12.2 Å². The second-order valence-corrected chi connectivity index (χ2v) is 12.0. The highest BCUT2D eigenvalue weighted by Gasteiger charge is 2.80. The molecule has 0 radical (unpaired) electrons. The number of aliphatic carboxylic acids is 1. The Morgan fingerprint density at radius 3 is 2.66 bits per heavy atom. The molecule has 3 saturated carbocycles. The smallest absolute Gasteiger partial charge is 0.339 e. The van der Waals surface area contributed by atoms with E-state index in [2.05, 4.69) is 0 Å². The lowest BCUT2D eigenvalue weighted by Crippen LogP contribution is -2.70. The second-order valence-electron chi connectivity index (χ2n) is 12.0. The number of halogens is 2. The normalized spacial score (nSPS) is 45.6. The maximum atomic E-state index is 17.3. The molecule has 9 atom stereocenters. The Morgan fingerprint density at radius 2 is 1.95 bits per heavy atom. The third-order valence-electron chi connectivity index (χ3n) is 10.3. The lowest BCUT2D eigenvalue weighted by Gasteiger charge is -2.62. The van der Waals surface area contributed by atoms with Gasteiger partial charge in [0.05, 0.1) is 12.6 Å². The average Bonchev–Trinajstić information content (AvgIpc) is 3.36. The van der Waals surface area contributed by atoms with Crippen molar-refractivity contribution in [2.75, 3.05) is 19.7 Å². The van der Waals surface area contributed by atoms with Crippen LogP contribution in [0.3, 0.4) is 0 Å². The molecule has 204 valence electrons. The Kier molecular flexibility index (Phi) is 5.69. The molecule has 5 aliphatic rings. The summed E-state index contributed by atoms with van der Waals surface area (Å²) in [6.07, 6.45) is 0.629. The number of hydroxylamine groups is 2. The van der Waals surface area contributed by atoms with Gasteiger partial charge in [0.1, 0.15) is 18.5 Å². The number of alkyl halides is 2. The summed E-state index contributed by atoms with van der Waals surface area (Å²) in [6, 6.07) is 9.27. The molecule has 2 N–H and O–H groups in total. The van der Waals surface area contributed by atoms with Gasteiger partial charge in [-0.25, -0.2) is 13.6 Å². The number of rotatable bonds is 5. The van der Waals surface area contributed by atoms with Crippen molar-refractivity contribution in [3.05, 3.63) is 54.1 Å². The molecule has 1 aromatic carbocycles. The zero-order chi connectivity index (χ0) is 27.1. The summed E-state index contributed by atoms with van der Waals surface area (Å²) in [5.74, 6) is -2.79. The van der Waals surface area contributed by atoms with Crippen LogP contribution in [0.15, 0.2) is 54.1 Å². The van der Waals surface area contributed by atoms with Crippen molar-refractivity contribution in [2.45, 2.75) is 56.7 Å². The van der Waals surface area contributed by atoms with Crippen LogP contribution in [0.1, 0.15) is 33.1 Å². The van der Waals surface area contributed by atoms with Crippen molar-refractivity contribution in [1.82, 2.24) is 5.06 Å². The van der Waals surface area contributed by atoms with Crippen molar-refractivity contribution in [1.29, 1.82) is 0 Å². The van der Waals surface area contributed by atoms with Crippen LogP contribution < -0.4 is 4.74 Å². The fourth-order valence-electron chi connectivity index (χ4n) is 8.60. The van der Waals surface area contributed by atoms with E-state index in [1.807, 2.05) is 30.3 Å². The van der Waals surface area contributed by atoms with Crippen LogP contribution in [0.5, 0.6) is 5.75 Å². The topological polar surface area (TPSA) is 96.3 Å². The molecular formula is C29H33F2NO6. The van der Waals surface area contributed by atoms with Crippen molar-refractivity contribution in [2.24, 2.45) is 28.6 Å². The van der Waals surface area contributed by atoms with E-state index < -0.39 is 63.9 Å². The molecule has 7 nitrogen and oxygen atoms in total. The molecular weight excluding hydrogens is 496 g/mol. The Hall–Kier alpha value is -2.62. The first-order valence-corrected chi connectivity index (χ1v) is 13.3. The zero-order valence-electron chi connectivity index (χ0n) is 21.5. The Balaban J connectivity index is 1.30. The number of carbonyl (C=O) groups is 2. The number of hydrogen-bond acceptors (Lipinski definition) is 6. The number of aliphatic hydroxyl groups excluding tert-OH is 1. The summed E-state index contributed by atoms with van der Waals surface area (Å²) in [5, 5.41) is 23.6. The van der Waals surface area contributed by atoms with Gasteiger partial charge < -0.3 is 14.9 Å². The molecule has 1 aromatic rings. The third-order valence-corrected chi connectivity index (χ3v) is 10.3. The molecule has 0 aromatic heterocycles. The van der Waals surface area contributed by atoms with Gasteiger partial charge in [0, 0.05) is 29.2 Å². The van der Waals surface area contributed by atoms with Gasteiger partial charge in [-0.2, -0.15) is 5.06 Å². The SMILES string of the molecule is C[C@]12C=CC(=O)C=C1[C@@H](F)C[C@H]1[C@@H]3C[C@H]4CN(CCOc5ccccc5)O[C@@]4(C(=O)O)[C@@]3(C)C[C@H](O)[C@@]12F. The molecule has 1 heterocycles.